The molecule has 0 amide bonds. The lowest BCUT2D eigenvalue weighted by molar-refractivity contribution is -0.0511. The third-order valence-corrected chi connectivity index (χ3v) is 3.82. The van der Waals surface area contributed by atoms with Crippen LogP contribution in [0.25, 0.3) is 11.2 Å². The van der Waals surface area contributed by atoms with Crippen LogP contribution in [-0.4, -0.2) is 73.3 Å². The summed E-state index contributed by atoms with van der Waals surface area (Å²) < 4.78 is 7.01. The van der Waals surface area contributed by atoms with Gasteiger partial charge in [0.05, 0.1) is 19.5 Å². The van der Waals surface area contributed by atoms with Crippen molar-refractivity contribution in [2.24, 2.45) is 0 Å². The van der Waals surface area contributed by atoms with Gasteiger partial charge < -0.3 is 25.0 Å². The lowest BCUT2D eigenvalue weighted by Crippen LogP contribution is -2.33. The summed E-state index contributed by atoms with van der Waals surface area (Å²) in [6.07, 6.45) is 3.98. The number of hydrogen-bond acceptors (Lipinski definition) is 8. The SMILES string of the molecule is C#CCN(C)c1ncnc2c1ncn2C1O[C@H](CO)[C@@H](O)[C@H]1O. The van der Waals surface area contributed by atoms with Gasteiger partial charge in [0.15, 0.2) is 23.2 Å². The predicted octanol–water partition coefficient (Wildman–Crippen LogP) is -1.49. The molecule has 2 aromatic rings. The van der Waals surface area contributed by atoms with Crippen LogP contribution in [0.4, 0.5) is 5.82 Å². The van der Waals surface area contributed by atoms with E-state index in [4.69, 9.17) is 11.2 Å². The number of anilines is 1. The maximum atomic E-state index is 10.1. The molecule has 1 unspecified atom stereocenters. The molecule has 4 atom stereocenters. The van der Waals surface area contributed by atoms with Gasteiger partial charge in [-0.15, -0.1) is 6.42 Å². The van der Waals surface area contributed by atoms with Crippen LogP contribution in [0.15, 0.2) is 12.7 Å². The first-order valence-electron chi connectivity index (χ1n) is 7.03. The molecular weight excluding hydrogens is 302 g/mol. The lowest BCUT2D eigenvalue weighted by atomic mass is 10.1. The first-order chi connectivity index (χ1) is 11.1. The number of aliphatic hydroxyl groups excluding tert-OH is 3. The van der Waals surface area contributed by atoms with Crippen LogP contribution < -0.4 is 4.90 Å². The van der Waals surface area contributed by atoms with Crippen molar-refractivity contribution in [2.75, 3.05) is 25.1 Å². The van der Waals surface area contributed by atoms with Crippen molar-refractivity contribution < 1.29 is 20.1 Å². The minimum absolute atomic E-state index is 0.354. The second kappa shape index (κ2) is 6.10. The zero-order chi connectivity index (χ0) is 16.6. The first kappa shape index (κ1) is 15.6. The molecule has 1 fully saturated rings. The quantitative estimate of drug-likeness (QED) is 0.584. The minimum Gasteiger partial charge on any atom is -0.394 e. The summed E-state index contributed by atoms with van der Waals surface area (Å²) >= 11 is 0. The van der Waals surface area contributed by atoms with Crippen LogP contribution in [0, 0.1) is 12.3 Å². The Kier molecular flexibility index (Phi) is 4.14. The number of fused-ring (bicyclic) bond motifs is 1. The van der Waals surface area contributed by atoms with E-state index < -0.39 is 31.1 Å². The van der Waals surface area contributed by atoms with Gasteiger partial charge >= 0.3 is 0 Å². The molecule has 0 aromatic carbocycles. The van der Waals surface area contributed by atoms with Gasteiger partial charge in [-0.3, -0.25) is 4.57 Å². The Balaban J connectivity index is 2.01. The van der Waals surface area contributed by atoms with Crippen LogP contribution in [0.3, 0.4) is 0 Å². The highest BCUT2D eigenvalue weighted by molar-refractivity contribution is 5.83. The Morgan fingerprint density at radius 2 is 2.13 bits per heavy atom. The molecule has 1 saturated heterocycles. The Hall–Kier alpha value is -2.25. The molecule has 1 aliphatic heterocycles. The molecule has 9 heteroatoms. The van der Waals surface area contributed by atoms with E-state index in [9.17, 15) is 15.3 Å². The van der Waals surface area contributed by atoms with Gasteiger partial charge in [0.1, 0.15) is 24.6 Å². The second-order valence-electron chi connectivity index (χ2n) is 5.31. The van der Waals surface area contributed by atoms with Crippen molar-refractivity contribution in [3.05, 3.63) is 12.7 Å². The van der Waals surface area contributed by atoms with Crippen molar-refractivity contribution in [3.8, 4) is 12.3 Å². The fraction of sp³-hybridized carbons (Fsp3) is 0.500. The maximum Gasteiger partial charge on any atom is 0.167 e. The molecule has 0 radical (unpaired) electrons. The van der Waals surface area contributed by atoms with Crippen LogP contribution in [0.2, 0.25) is 0 Å². The summed E-state index contributed by atoms with van der Waals surface area (Å²) in [6.45, 7) is -0.0423. The van der Waals surface area contributed by atoms with E-state index >= 15 is 0 Å². The molecule has 23 heavy (non-hydrogen) atoms. The normalized spacial score (nSPS) is 27.3. The molecule has 0 bridgehead atoms. The molecule has 3 rings (SSSR count). The largest absolute Gasteiger partial charge is 0.394 e. The van der Waals surface area contributed by atoms with E-state index in [1.54, 1.807) is 11.9 Å². The molecule has 0 saturated carbocycles. The van der Waals surface area contributed by atoms with Gasteiger partial charge in [0, 0.05) is 7.05 Å². The molecule has 122 valence electrons. The van der Waals surface area contributed by atoms with Gasteiger partial charge in [0.25, 0.3) is 0 Å². The van der Waals surface area contributed by atoms with E-state index in [1.165, 1.54) is 17.2 Å². The smallest absolute Gasteiger partial charge is 0.167 e. The molecular formula is C14H17N5O4. The standard InChI is InChI=1S/C14H17N5O4/c1-3-4-18(2)12-9-13(16-6-15-12)19(7-17-9)14-11(22)10(21)8(5-20)23-14/h1,6-8,10-11,14,20-22H,4-5H2,2H3/t8-,10-,11-,14?/m1/s1. The van der Waals surface area contributed by atoms with Crippen molar-refractivity contribution in [1.82, 2.24) is 19.5 Å². The maximum absolute atomic E-state index is 10.1. The van der Waals surface area contributed by atoms with E-state index in [2.05, 4.69) is 20.9 Å². The molecule has 1 aliphatic rings. The number of aromatic nitrogens is 4. The second-order valence-corrected chi connectivity index (χ2v) is 5.31. The van der Waals surface area contributed by atoms with Gasteiger partial charge in [0.2, 0.25) is 0 Å². The number of ether oxygens (including phenoxy) is 1. The molecule has 3 heterocycles. The Labute approximate surface area is 132 Å². The number of terminal acetylenes is 1. The summed E-state index contributed by atoms with van der Waals surface area (Å²) in [5.74, 6) is 3.08. The highest BCUT2D eigenvalue weighted by Crippen LogP contribution is 2.32. The third-order valence-electron chi connectivity index (χ3n) is 3.82. The topological polar surface area (TPSA) is 117 Å². The zero-order valence-corrected chi connectivity index (χ0v) is 12.4. The number of aliphatic hydroxyl groups is 3. The Morgan fingerprint density at radius 1 is 1.35 bits per heavy atom. The van der Waals surface area contributed by atoms with E-state index in [-0.39, 0.29) is 0 Å². The average molecular weight is 319 g/mol. The van der Waals surface area contributed by atoms with Gasteiger partial charge in [-0.1, -0.05) is 5.92 Å². The number of imidazole rings is 1. The molecule has 2 aromatic heterocycles. The van der Waals surface area contributed by atoms with E-state index in [1.807, 2.05) is 0 Å². The van der Waals surface area contributed by atoms with Crippen LogP contribution in [0.1, 0.15) is 6.23 Å². The first-order valence-corrected chi connectivity index (χ1v) is 7.03. The lowest BCUT2D eigenvalue weighted by Gasteiger charge is -2.17. The fourth-order valence-electron chi connectivity index (χ4n) is 2.63. The van der Waals surface area contributed by atoms with E-state index in [0.717, 1.165) is 0 Å². The van der Waals surface area contributed by atoms with Crippen molar-refractivity contribution in [1.29, 1.82) is 0 Å². The van der Waals surface area contributed by atoms with Crippen molar-refractivity contribution >= 4 is 17.0 Å². The monoisotopic (exact) mass is 319 g/mol. The zero-order valence-electron chi connectivity index (χ0n) is 12.4. The summed E-state index contributed by atoms with van der Waals surface area (Å²) in [7, 11) is 1.78. The van der Waals surface area contributed by atoms with Crippen molar-refractivity contribution in [3.63, 3.8) is 0 Å². The van der Waals surface area contributed by atoms with Crippen LogP contribution >= 0.6 is 0 Å². The average Bonchev–Trinajstić information content (AvgIpc) is 3.09. The van der Waals surface area contributed by atoms with Crippen LogP contribution in [0.5, 0.6) is 0 Å². The van der Waals surface area contributed by atoms with E-state index in [0.29, 0.717) is 23.5 Å². The molecule has 0 spiro atoms. The fourth-order valence-corrected chi connectivity index (χ4v) is 2.63. The highest BCUT2D eigenvalue weighted by Gasteiger charge is 2.44. The van der Waals surface area contributed by atoms with Gasteiger partial charge in [-0.25, -0.2) is 15.0 Å². The Morgan fingerprint density at radius 3 is 2.78 bits per heavy atom. The number of hydrogen-bond donors (Lipinski definition) is 3. The minimum atomic E-state index is -1.20. The molecule has 9 nitrogen and oxygen atoms in total. The summed E-state index contributed by atoms with van der Waals surface area (Å²) in [5.41, 5.74) is 0.941. The third kappa shape index (κ3) is 2.51. The molecule has 3 N–H and O–H groups in total. The van der Waals surface area contributed by atoms with Crippen LogP contribution in [-0.2, 0) is 4.74 Å². The van der Waals surface area contributed by atoms with Gasteiger partial charge in [-0.2, -0.15) is 0 Å². The number of nitrogens with zero attached hydrogens (tertiary/aromatic N) is 5. The summed E-state index contributed by atoms with van der Waals surface area (Å²) in [6, 6.07) is 0. The van der Waals surface area contributed by atoms with Crippen molar-refractivity contribution in [2.45, 2.75) is 24.5 Å². The highest BCUT2D eigenvalue weighted by atomic mass is 16.6. The summed E-state index contributed by atoms with van der Waals surface area (Å²) in [4.78, 5) is 14.4. The summed E-state index contributed by atoms with van der Waals surface area (Å²) in [5, 5.41) is 29.2. The molecule has 0 aliphatic carbocycles. The number of rotatable bonds is 4. The Bertz CT molecular complexity index is 742. The van der Waals surface area contributed by atoms with Gasteiger partial charge in [-0.05, 0) is 0 Å². The predicted molar refractivity (Wildman–Crippen MR) is 80.4 cm³/mol.